The second-order valence-electron chi connectivity index (χ2n) is 3.62. The maximum atomic E-state index is 11.8. The van der Waals surface area contributed by atoms with Gasteiger partial charge in [-0.25, -0.2) is 0 Å². The van der Waals surface area contributed by atoms with Crippen molar-refractivity contribution in [1.29, 1.82) is 0 Å². The molecule has 1 aromatic carbocycles. The van der Waals surface area contributed by atoms with Crippen molar-refractivity contribution in [1.82, 2.24) is 4.98 Å². The lowest BCUT2D eigenvalue weighted by atomic mass is 10.2. The smallest absolute Gasteiger partial charge is 0.271 e. The van der Waals surface area contributed by atoms with E-state index in [-0.39, 0.29) is 16.6 Å². The van der Waals surface area contributed by atoms with Crippen LogP contribution < -0.4 is 5.32 Å². The zero-order valence-corrected chi connectivity index (χ0v) is 10.3. The van der Waals surface area contributed by atoms with Crippen molar-refractivity contribution in [3.63, 3.8) is 0 Å². The highest BCUT2D eigenvalue weighted by Crippen LogP contribution is 2.26. The molecule has 19 heavy (non-hydrogen) atoms. The number of benzene rings is 1. The third-order valence-electron chi connectivity index (χ3n) is 2.34. The molecule has 0 radical (unpaired) electrons. The van der Waals surface area contributed by atoms with Crippen LogP contribution >= 0.6 is 11.6 Å². The number of amides is 1. The summed E-state index contributed by atoms with van der Waals surface area (Å²) in [5.41, 5.74) is 0.544. The van der Waals surface area contributed by atoms with Crippen LogP contribution in [0.2, 0.25) is 5.02 Å². The second-order valence-corrected chi connectivity index (χ2v) is 4.02. The molecule has 0 aliphatic carbocycles. The number of hydrogen-bond acceptors (Lipinski definition) is 4. The molecule has 0 aliphatic rings. The Bertz CT molecular complexity index is 631. The zero-order chi connectivity index (χ0) is 13.8. The van der Waals surface area contributed by atoms with E-state index in [1.807, 2.05) is 0 Å². The third-order valence-corrected chi connectivity index (χ3v) is 2.65. The number of nitro benzene ring substituents is 1. The van der Waals surface area contributed by atoms with E-state index >= 15 is 0 Å². The first-order valence-corrected chi connectivity index (χ1v) is 5.61. The monoisotopic (exact) mass is 277 g/mol. The number of anilines is 1. The molecule has 2 rings (SSSR count). The molecule has 0 fully saturated rings. The highest BCUT2D eigenvalue weighted by atomic mass is 35.5. The molecule has 1 N–H and O–H groups in total. The van der Waals surface area contributed by atoms with Crippen LogP contribution in [-0.4, -0.2) is 15.8 Å². The molecule has 1 aromatic heterocycles. The van der Waals surface area contributed by atoms with E-state index in [1.54, 1.807) is 18.3 Å². The van der Waals surface area contributed by atoms with Crippen molar-refractivity contribution in [3.8, 4) is 0 Å². The summed E-state index contributed by atoms with van der Waals surface area (Å²) < 4.78 is 0. The summed E-state index contributed by atoms with van der Waals surface area (Å²) in [4.78, 5) is 25.7. The number of carbonyl (C=O) groups excluding carboxylic acids is 1. The Morgan fingerprint density at radius 2 is 2.16 bits per heavy atom. The van der Waals surface area contributed by atoms with Crippen molar-refractivity contribution >= 4 is 28.9 Å². The van der Waals surface area contributed by atoms with Gasteiger partial charge >= 0.3 is 0 Å². The minimum absolute atomic E-state index is 0.103. The summed E-state index contributed by atoms with van der Waals surface area (Å²) in [6.07, 6.45) is 2.96. The van der Waals surface area contributed by atoms with Crippen LogP contribution in [0.1, 0.15) is 10.4 Å². The van der Waals surface area contributed by atoms with Crippen LogP contribution in [0.4, 0.5) is 11.4 Å². The molecular formula is C12H8ClN3O3. The number of nitrogens with zero attached hydrogens (tertiary/aromatic N) is 2. The molecule has 2 aromatic rings. The molecule has 0 bridgehead atoms. The van der Waals surface area contributed by atoms with Gasteiger partial charge in [0, 0.05) is 24.5 Å². The molecule has 0 saturated carbocycles. The Labute approximate surface area is 113 Å². The lowest BCUT2D eigenvalue weighted by molar-refractivity contribution is -0.384. The summed E-state index contributed by atoms with van der Waals surface area (Å²) in [6.45, 7) is 0. The van der Waals surface area contributed by atoms with E-state index < -0.39 is 4.92 Å². The predicted octanol–water partition coefficient (Wildman–Crippen LogP) is 2.90. The Hall–Kier alpha value is -2.47. The van der Waals surface area contributed by atoms with E-state index in [9.17, 15) is 14.9 Å². The van der Waals surface area contributed by atoms with Crippen molar-refractivity contribution in [2.24, 2.45) is 0 Å². The van der Waals surface area contributed by atoms with Gasteiger partial charge in [-0.1, -0.05) is 11.6 Å². The molecule has 96 valence electrons. The van der Waals surface area contributed by atoms with Crippen molar-refractivity contribution in [2.45, 2.75) is 0 Å². The van der Waals surface area contributed by atoms with E-state index in [2.05, 4.69) is 10.3 Å². The Morgan fingerprint density at radius 1 is 1.37 bits per heavy atom. The number of aromatic nitrogens is 1. The Balaban J connectivity index is 2.20. The van der Waals surface area contributed by atoms with E-state index in [4.69, 9.17) is 11.6 Å². The first kappa shape index (κ1) is 13.0. The van der Waals surface area contributed by atoms with Crippen LogP contribution in [0.25, 0.3) is 0 Å². The van der Waals surface area contributed by atoms with Gasteiger partial charge in [0.1, 0.15) is 0 Å². The maximum Gasteiger partial charge on any atom is 0.271 e. The Kier molecular flexibility index (Phi) is 3.72. The van der Waals surface area contributed by atoms with Gasteiger partial charge in [-0.2, -0.15) is 0 Å². The number of pyridine rings is 1. The van der Waals surface area contributed by atoms with Crippen molar-refractivity contribution in [3.05, 3.63) is 63.4 Å². The molecule has 7 heteroatoms. The van der Waals surface area contributed by atoms with Gasteiger partial charge in [-0.15, -0.1) is 0 Å². The van der Waals surface area contributed by atoms with Gasteiger partial charge in [-0.05, 0) is 18.2 Å². The summed E-state index contributed by atoms with van der Waals surface area (Å²) >= 11 is 5.87. The molecule has 0 spiro atoms. The number of hydrogen-bond donors (Lipinski definition) is 1. The van der Waals surface area contributed by atoms with Gasteiger partial charge in [0.15, 0.2) is 0 Å². The number of rotatable bonds is 3. The van der Waals surface area contributed by atoms with E-state index in [0.717, 1.165) is 0 Å². The number of non-ortho nitro benzene ring substituents is 1. The second kappa shape index (κ2) is 5.45. The predicted molar refractivity (Wildman–Crippen MR) is 70.3 cm³/mol. The molecule has 6 nitrogen and oxygen atoms in total. The highest BCUT2D eigenvalue weighted by molar-refractivity contribution is 6.34. The number of nitro groups is 1. The fraction of sp³-hybridized carbons (Fsp3) is 0. The Morgan fingerprint density at radius 3 is 2.74 bits per heavy atom. The van der Waals surface area contributed by atoms with Crippen molar-refractivity contribution < 1.29 is 9.72 Å². The SMILES string of the molecule is O=C(Nc1ccc([N+](=O)[O-])cc1Cl)c1cccnc1. The number of carbonyl (C=O) groups is 1. The van der Waals surface area contributed by atoms with Crippen LogP contribution in [0.15, 0.2) is 42.7 Å². The average Bonchev–Trinajstić information content (AvgIpc) is 2.41. The minimum atomic E-state index is -0.557. The molecule has 1 heterocycles. The zero-order valence-electron chi connectivity index (χ0n) is 9.54. The molecule has 0 saturated heterocycles. The van der Waals surface area contributed by atoms with Crippen LogP contribution in [0.5, 0.6) is 0 Å². The summed E-state index contributed by atoms with van der Waals surface area (Å²) in [7, 11) is 0. The summed E-state index contributed by atoms with van der Waals surface area (Å²) in [5, 5.41) is 13.2. The topological polar surface area (TPSA) is 85.1 Å². The minimum Gasteiger partial charge on any atom is -0.321 e. The third kappa shape index (κ3) is 3.05. The van der Waals surface area contributed by atoms with Gasteiger partial charge in [0.25, 0.3) is 11.6 Å². The first-order chi connectivity index (χ1) is 9.08. The van der Waals surface area contributed by atoms with Crippen LogP contribution in [0.3, 0.4) is 0 Å². The molecular weight excluding hydrogens is 270 g/mol. The van der Waals surface area contributed by atoms with E-state index in [1.165, 1.54) is 24.4 Å². The number of halogens is 1. The normalized spacial score (nSPS) is 9.95. The largest absolute Gasteiger partial charge is 0.321 e. The van der Waals surface area contributed by atoms with Gasteiger partial charge in [0.2, 0.25) is 0 Å². The highest BCUT2D eigenvalue weighted by Gasteiger charge is 2.12. The standard InChI is InChI=1S/C12H8ClN3O3/c13-10-6-9(16(18)19)3-4-11(10)15-12(17)8-2-1-5-14-7-8/h1-7H,(H,15,17). The maximum absolute atomic E-state index is 11.8. The van der Waals surface area contributed by atoms with Crippen molar-refractivity contribution in [2.75, 3.05) is 5.32 Å². The quantitative estimate of drug-likeness (QED) is 0.690. The fourth-order valence-electron chi connectivity index (χ4n) is 1.41. The lowest BCUT2D eigenvalue weighted by Crippen LogP contribution is -2.12. The van der Waals surface area contributed by atoms with Crippen LogP contribution in [0, 0.1) is 10.1 Å². The fourth-order valence-corrected chi connectivity index (χ4v) is 1.63. The first-order valence-electron chi connectivity index (χ1n) is 5.23. The average molecular weight is 278 g/mol. The number of nitrogens with one attached hydrogen (secondary N) is 1. The van der Waals surface area contributed by atoms with Gasteiger partial charge < -0.3 is 5.32 Å². The molecule has 0 atom stereocenters. The van der Waals surface area contributed by atoms with E-state index in [0.29, 0.717) is 11.3 Å². The van der Waals surface area contributed by atoms with Gasteiger partial charge in [-0.3, -0.25) is 19.9 Å². The van der Waals surface area contributed by atoms with Gasteiger partial charge in [0.05, 0.1) is 21.2 Å². The summed E-state index contributed by atoms with van der Waals surface area (Å²) in [6, 6.07) is 7.06. The lowest BCUT2D eigenvalue weighted by Gasteiger charge is -2.06. The molecule has 1 amide bonds. The summed E-state index contributed by atoms with van der Waals surface area (Å²) in [5.74, 6) is -0.385. The molecule has 0 unspecified atom stereocenters. The van der Waals surface area contributed by atoms with Crippen LogP contribution in [-0.2, 0) is 0 Å². The molecule has 0 aliphatic heterocycles.